The van der Waals surface area contributed by atoms with Gasteiger partial charge >= 0.3 is 0 Å². The second-order valence-electron chi connectivity index (χ2n) is 6.50. The van der Waals surface area contributed by atoms with E-state index in [0.29, 0.717) is 22.9 Å². The molecule has 0 aromatic carbocycles. The lowest BCUT2D eigenvalue weighted by atomic mass is 10.1. The van der Waals surface area contributed by atoms with Crippen molar-refractivity contribution in [1.82, 2.24) is 29.5 Å². The van der Waals surface area contributed by atoms with E-state index < -0.39 is 6.04 Å². The van der Waals surface area contributed by atoms with Crippen molar-refractivity contribution in [1.29, 1.82) is 5.26 Å². The van der Waals surface area contributed by atoms with Gasteiger partial charge in [0, 0.05) is 18.0 Å². The number of rotatable bonds is 4. The summed E-state index contributed by atoms with van der Waals surface area (Å²) in [5, 5.41) is 26.9. The van der Waals surface area contributed by atoms with Crippen molar-refractivity contribution in [3.63, 3.8) is 0 Å². The van der Waals surface area contributed by atoms with E-state index >= 15 is 0 Å². The van der Waals surface area contributed by atoms with Gasteiger partial charge in [0.25, 0.3) is 0 Å². The Morgan fingerprint density at radius 3 is 2.90 bits per heavy atom. The smallest absolute Gasteiger partial charge is 0.171 e. The van der Waals surface area contributed by atoms with Gasteiger partial charge in [-0.1, -0.05) is 0 Å². The van der Waals surface area contributed by atoms with Crippen LogP contribution >= 0.6 is 0 Å². The fraction of sp³-hybridized carbons (Fsp3) is 0.158. The lowest BCUT2D eigenvalue weighted by Gasteiger charge is -2.16. The highest BCUT2D eigenvalue weighted by Gasteiger charge is 2.19. The molecule has 0 aliphatic rings. The maximum Gasteiger partial charge on any atom is 0.171 e. The highest BCUT2D eigenvalue weighted by Crippen LogP contribution is 2.29. The molecule has 4 aromatic heterocycles. The molecule has 0 amide bonds. The zero-order valence-electron chi connectivity index (χ0n) is 15.7. The predicted octanol–water partition coefficient (Wildman–Crippen LogP) is 2.22. The number of nitriles is 1. The van der Waals surface area contributed by atoms with Crippen molar-refractivity contribution < 1.29 is 5.11 Å². The number of anilines is 2. The largest absolute Gasteiger partial charge is 0.506 e. The third-order valence-corrected chi connectivity index (χ3v) is 4.46. The summed E-state index contributed by atoms with van der Waals surface area (Å²) in [4.78, 5) is 16.7. The fourth-order valence-corrected chi connectivity index (χ4v) is 3.03. The van der Waals surface area contributed by atoms with Crippen LogP contribution in [0.4, 0.5) is 11.6 Å². The maximum atomic E-state index is 9.84. The van der Waals surface area contributed by atoms with E-state index in [0.717, 1.165) is 11.1 Å². The van der Waals surface area contributed by atoms with E-state index in [1.54, 1.807) is 16.8 Å². The third-order valence-electron chi connectivity index (χ3n) is 4.46. The lowest BCUT2D eigenvalue weighted by Crippen LogP contribution is -2.16. The van der Waals surface area contributed by atoms with E-state index in [4.69, 9.17) is 10.7 Å². The molecular weight excluding hydrogens is 370 g/mol. The molecule has 0 saturated carbocycles. The highest BCUT2D eigenvalue weighted by molar-refractivity contribution is 5.79. The monoisotopic (exact) mass is 387 g/mol. The van der Waals surface area contributed by atoms with Crippen LogP contribution in [0.2, 0.25) is 0 Å². The number of hydrogen-bond acceptors (Lipinski definition) is 9. The molecule has 0 aliphatic heterocycles. The van der Waals surface area contributed by atoms with Gasteiger partial charge in [-0.15, -0.1) is 0 Å². The minimum atomic E-state index is -0.396. The summed E-state index contributed by atoms with van der Waals surface area (Å²) in [6.07, 6.45) is 6.12. The van der Waals surface area contributed by atoms with Gasteiger partial charge in [0.2, 0.25) is 0 Å². The normalized spacial score (nSPS) is 11.9. The minimum Gasteiger partial charge on any atom is -0.506 e. The number of nitrogens with two attached hydrogens (primary N) is 1. The number of fused-ring (bicyclic) bond motifs is 1. The fourth-order valence-electron chi connectivity index (χ4n) is 3.03. The Kier molecular flexibility index (Phi) is 4.40. The molecule has 0 saturated heterocycles. The Bertz CT molecular complexity index is 1260. The topological polar surface area (TPSA) is 151 Å². The van der Waals surface area contributed by atoms with E-state index in [9.17, 15) is 10.4 Å². The standard InChI is InChI=1S/C19H17N9O/c1-10-3-4-28-16(10)15(12-5-13(29)8-22-7-12)26-18(27-28)11(2)25-19-14(6-20)17(21)23-9-24-19/h3-5,7-9,11,29H,1-2H3,(H3,21,23,24,25). The van der Waals surface area contributed by atoms with E-state index in [1.165, 1.54) is 12.5 Å². The van der Waals surface area contributed by atoms with Crippen LogP contribution in [0.1, 0.15) is 29.9 Å². The van der Waals surface area contributed by atoms with Gasteiger partial charge in [-0.25, -0.2) is 19.5 Å². The number of pyridine rings is 1. The SMILES string of the molecule is Cc1ccn2nc(C(C)Nc3ncnc(N)c3C#N)nc(-c3cncc(O)c3)c12. The van der Waals surface area contributed by atoms with Crippen LogP contribution in [-0.4, -0.2) is 34.7 Å². The van der Waals surface area contributed by atoms with Crippen LogP contribution in [-0.2, 0) is 0 Å². The van der Waals surface area contributed by atoms with Crippen molar-refractivity contribution in [2.45, 2.75) is 19.9 Å². The lowest BCUT2D eigenvalue weighted by molar-refractivity contribution is 0.473. The first-order valence-corrected chi connectivity index (χ1v) is 8.75. The van der Waals surface area contributed by atoms with Crippen molar-refractivity contribution in [3.05, 3.63) is 54.0 Å². The number of hydrogen-bond donors (Lipinski definition) is 3. The zero-order valence-corrected chi connectivity index (χ0v) is 15.7. The molecule has 0 radical (unpaired) electrons. The maximum absolute atomic E-state index is 9.84. The van der Waals surface area contributed by atoms with Crippen LogP contribution in [0.25, 0.3) is 16.8 Å². The van der Waals surface area contributed by atoms with Crippen molar-refractivity contribution >= 4 is 17.2 Å². The number of aryl methyl sites for hydroxylation is 1. The van der Waals surface area contributed by atoms with Gasteiger partial charge in [0.15, 0.2) is 5.82 Å². The predicted molar refractivity (Wildman–Crippen MR) is 106 cm³/mol. The van der Waals surface area contributed by atoms with Gasteiger partial charge in [-0.05, 0) is 31.5 Å². The average molecular weight is 387 g/mol. The van der Waals surface area contributed by atoms with Gasteiger partial charge in [0.1, 0.15) is 41.0 Å². The summed E-state index contributed by atoms with van der Waals surface area (Å²) < 4.78 is 1.73. The van der Waals surface area contributed by atoms with Crippen LogP contribution in [0.15, 0.2) is 37.1 Å². The van der Waals surface area contributed by atoms with Crippen LogP contribution in [0, 0.1) is 18.3 Å². The second-order valence-corrected chi connectivity index (χ2v) is 6.50. The molecule has 1 atom stereocenters. The highest BCUT2D eigenvalue weighted by atomic mass is 16.3. The number of nitrogens with one attached hydrogen (secondary N) is 1. The van der Waals surface area contributed by atoms with Gasteiger partial charge in [0.05, 0.1) is 17.8 Å². The van der Waals surface area contributed by atoms with E-state index in [2.05, 4.69) is 25.4 Å². The van der Waals surface area contributed by atoms with Crippen LogP contribution in [0.3, 0.4) is 0 Å². The number of aromatic nitrogens is 6. The van der Waals surface area contributed by atoms with Gasteiger partial charge < -0.3 is 16.2 Å². The summed E-state index contributed by atoms with van der Waals surface area (Å²) in [5.74, 6) is 0.917. The summed E-state index contributed by atoms with van der Waals surface area (Å²) in [7, 11) is 0. The summed E-state index contributed by atoms with van der Waals surface area (Å²) >= 11 is 0. The molecule has 29 heavy (non-hydrogen) atoms. The van der Waals surface area contributed by atoms with E-state index in [-0.39, 0.29) is 17.1 Å². The summed E-state index contributed by atoms with van der Waals surface area (Å²) in [6.45, 7) is 3.81. The zero-order chi connectivity index (χ0) is 20.5. The molecule has 1 unspecified atom stereocenters. The summed E-state index contributed by atoms with van der Waals surface area (Å²) in [6, 6.07) is 5.14. The first-order chi connectivity index (χ1) is 14.0. The van der Waals surface area contributed by atoms with Gasteiger partial charge in [-0.2, -0.15) is 10.4 Å². The molecule has 144 valence electrons. The van der Waals surface area contributed by atoms with Crippen LogP contribution < -0.4 is 11.1 Å². The van der Waals surface area contributed by atoms with Crippen molar-refractivity contribution in [3.8, 4) is 23.1 Å². The van der Waals surface area contributed by atoms with Crippen LogP contribution in [0.5, 0.6) is 5.75 Å². The molecule has 4 rings (SSSR count). The quantitative estimate of drug-likeness (QED) is 0.478. The molecule has 10 heteroatoms. The first-order valence-electron chi connectivity index (χ1n) is 8.75. The molecule has 4 N–H and O–H groups in total. The molecule has 10 nitrogen and oxygen atoms in total. The second kappa shape index (κ2) is 7.05. The average Bonchev–Trinajstić information content (AvgIpc) is 3.08. The van der Waals surface area contributed by atoms with Crippen molar-refractivity contribution in [2.24, 2.45) is 0 Å². The summed E-state index contributed by atoms with van der Waals surface area (Å²) in [5.41, 5.74) is 9.03. The number of nitrogen functional groups attached to an aromatic ring is 1. The number of nitrogens with zero attached hydrogens (tertiary/aromatic N) is 7. The molecule has 0 spiro atoms. The third kappa shape index (κ3) is 3.25. The molecule has 0 aliphatic carbocycles. The molecule has 0 bridgehead atoms. The Hall–Kier alpha value is -4.26. The molecule has 0 fully saturated rings. The Morgan fingerprint density at radius 1 is 1.31 bits per heavy atom. The van der Waals surface area contributed by atoms with Gasteiger partial charge in [-0.3, -0.25) is 4.98 Å². The molecular formula is C19H17N9O. The van der Waals surface area contributed by atoms with E-state index in [1.807, 2.05) is 32.2 Å². The Morgan fingerprint density at radius 2 is 2.14 bits per heavy atom. The van der Waals surface area contributed by atoms with Crippen molar-refractivity contribution in [2.75, 3.05) is 11.1 Å². The first kappa shape index (κ1) is 18.1. The Balaban J connectivity index is 1.81. The Labute approximate surface area is 165 Å². The minimum absolute atomic E-state index is 0.0475. The molecule has 4 heterocycles. The molecule has 4 aromatic rings. The number of aromatic hydroxyl groups is 1.